The van der Waals surface area contributed by atoms with E-state index >= 15 is 0 Å². The highest BCUT2D eigenvalue weighted by atomic mass is 79.9. The molecule has 0 aromatic heterocycles. The molecule has 2 rings (SSSR count). The second-order valence-corrected chi connectivity index (χ2v) is 5.83. The zero-order valence-electron chi connectivity index (χ0n) is 11.4. The van der Waals surface area contributed by atoms with Crippen LogP contribution >= 0.6 is 15.9 Å². The summed E-state index contributed by atoms with van der Waals surface area (Å²) < 4.78 is 0.994. The summed E-state index contributed by atoms with van der Waals surface area (Å²) in [7, 11) is 0. The van der Waals surface area contributed by atoms with Crippen molar-refractivity contribution in [2.75, 3.05) is 18.4 Å². The number of halogens is 1. The second kappa shape index (κ2) is 6.94. The van der Waals surface area contributed by atoms with Crippen LogP contribution in [-0.4, -0.2) is 29.9 Å². The zero-order chi connectivity index (χ0) is 13.7. The Morgan fingerprint density at radius 2 is 2.21 bits per heavy atom. The molecule has 0 aliphatic carbocycles. The van der Waals surface area contributed by atoms with Gasteiger partial charge in [-0.15, -0.1) is 0 Å². The maximum absolute atomic E-state index is 12.3. The lowest BCUT2D eigenvalue weighted by Gasteiger charge is -2.35. The van der Waals surface area contributed by atoms with Crippen molar-refractivity contribution in [3.63, 3.8) is 0 Å². The minimum absolute atomic E-state index is 0.210. The molecule has 0 radical (unpaired) electrons. The Kier molecular flexibility index (Phi) is 5.25. The average molecular weight is 325 g/mol. The number of benzene rings is 1. The van der Waals surface area contributed by atoms with Gasteiger partial charge in [0.25, 0.3) is 0 Å². The van der Waals surface area contributed by atoms with Crippen molar-refractivity contribution in [1.29, 1.82) is 0 Å². The summed E-state index contributed by atoms with van der Waals surface area (Å²) in [6, 6.07) is 8.32. The molecule has 3 nitrogen and oxygen atoms in total. The minimum Gasteiger partial charge on any atom is -0.375 e. The molecule has 1 fully saturated rings. The van der Waals surface area contributed by atoms with Crippen LogP contribution in [-0.2, 0) is 4.79 Å². The molecule has 19 heavy (non-hydrogen) atoms. The van der Waals surface area contributed by atoms with Crippen molar-refractivity contribution in [3.8, 4) is 0 Å². The van der Waals surface area contributed by atoms with Gasteiger partial charge in [0.1, 0.15) is 0 Å². The van der Waals surface area contributed by atoms with E-state index in [2.05, 4.69) is 28.2 Å². The molecule has 1 unspecified atom stereocenters. The first-order valence-electron chi connectivity index (χ1n) is 7.00. The molecule has 0 spiro atoms. The standard InChI is InChI=1S/C15H21BrN2O/c1-2-12-7-5-6-10-18(12)15(19)11-17-14-9-4-3-8-13(14)16/h3-4,8-9,12,17H,2,5-7,10-11H2,1H3. The number of nitrogens with one attached hydrogen (secondary N) is 1. The van der Waals surface area contributed by atoms with Crippen molar-refractivity contribution < 1.29 is 4.79 Å². The molecule has 1 aliphatic rings. The van der Waals surface area contributed by atoms with E-state index in [1.165, 1.54) is 6.42 Å². The van der Waals surface area contributed by atoms with Crippen LogP contribution in [0.2, 0.25) is 0 Å². The topological polar surface area (TPSA) is 32.3 Å². The molecule has 4 heteroatoms. The number of hydrogen-bond donors (Lipinski definition) is 1. The molecule has 1 atom stereocenters. The lowest BCUT2D eigenvalue weighted by molar-refractivity contribution is -0.133. The van der Waals surface area contributed by atoms with Crippen LogP contribution in [0.15, 0.2) is 28.7 Å². The number of rotatable bonds is 4. The van der Waals surface area contributed by atoms with Crippen LogP contribution in [0.25, 0.3) is 0 Å². The fourth-order valence-corrected chi connectivity index (χ4v) is 3.06. The number of carbonyl (C=O) groups is 1. The number of hydrogen-bond acceptors (Lipinski definition) is 2. The summed E-state index contributed by atoms with van der Waals surface area (Å²) in [5.41, 5.74) is 0.973. The maximum atomic E-state index is 12.3. The van der Waals surface area contributed by atoms with E-state index < -0.39 is 0 Å². The number of likely N-dealkylation sites (tertiary alicyclic amines) is 1. The normalized spacial score (nSPS) is 19.3. The van der Waals surface area contributed by atoms with Gasteiger partial charge in [-0.3, -0.25) is 4.79 Å². The number of piperidine rings is 1. The van der Waals surface area contributed by atoms with Crippen LogP contribution in [0.1, 0.15) is 32.6 Å². The summed E-state index contributed by atoms with van der Waals surface area (Å²) in [5.74, 6) is 0.210. The average Bonchev–Trinajstić information content (AvgIpc) is 2.46. The molecule has 1 aromatic carbocycles. The Morgan fingerprint density at radius 3 is 2.95 bits per heavy atom. The first kappa shape index (κ1) is 14.4. The van der Waals surface area contributed by atoms with E-state index in [-0.39, 0.29) is 5.91 Å². The maximum Gasteiger partial charge on any atom is 0.242 e. The van der Waals surface area contributed by atoms with Crippen LogP contribution in [0.5, 0.6) is 0 Å². The first-order valence-corrected chi connectivity index (χ1v) is 7.79. The number of nitrogens with zero attached hydrogens (tertiary/aromatic N) is 1. The zero-order valence-corrected chi connectivity index (χ0v) is 12.9. The Labute approximate surface area is 123 Å². The SMILES string of the molecule is CCC1CCCCN1C(=O)CNc1ccccc1Br. The van der Waals surface area contributed by atoms with E-state index in [9.17, 15) is 4.79 Å². The summed E-state index contributed by atoms with van der Waals surface area (Å²) in [5, 5.41) is 3.22. The fraction of sp³-hybridized carbons (Fsp3) is 0.533. The molecule has 1 heterocycles. The van der Waals surface area contributed by atoms with Gasteiger partial charge in [0.2, 0.25) is 5.91 Å². The molecular weight excluding hydrogens is 304 g/mol. The molecule has 1 aromatic rings. The Balaban J connectivity index is 1.92. The summed E-state index contributed by atoms with van der Waals surface area (Å²) in [6.45, 7) is 3.45. The van der Waals surface area contributed by atoms with Gasteiger partial charge in [-0.25, -0.2) is 0 Å². The van der Waals surface area contributed by atoms with Crippen molar-refractivity contribution in [1.82, 2.24) is 4.90 Å². The van der Waals surface area contributed by atoms with Gasteiger partial charge >= 0.3 is 0 Å². The van der Waals surface area contributed by atoms with Gasteiger partial charge in [0, 0.05) is 22.7 Å². The van der Waals surface area contributed by atoms with Gasteiger partial charge in [-0.2, -0.15) is 0 Å². The highest BCUT2D eigenvalue weighted by molar-refractivity contribution is 9.10. The highest BCUT2D eigenvalue weighted by Crippen LogP contribution is 2.22. The van der Waals surface area contributed by atoms with Gasteiger partial charge < -0.3 is 10.2 Å². The van der Waals surface area contributed by atoms with Gasteiger partial charge in [-0.05, 0) is 53.7 Å². The third-order valence-corrected chi connectivity index (χ3v) is 4.41. The summed E-state index contributed by atoms with van der Waals surface area (Å²) in [6.07, 6.45) is 4.59. The predicted octanol–water partition coefficient (Wildman–Crippen LogP) is 3.65. The van der Waals surface area contributed by atoms with Gasteiger partial charge in [-0.1, -0.05) is 19.1 Å². The smallest absolute Gasteiger partial charge is 0.242 e. The van der Waals surface area contributed by atoms with E-state index in [4.69, 9.17) is 0 Å². The van der Waals surface area contributed by atoms with Crippen molar-refractivity contribution >= 4 is 27.5 Å². The molecule has 0 bridgehead atoms. The monoisotopic (exact) mass is 324 g/mol. The Hall–Kier alpha value is -1.03. The first-order chi connectivity index (χ1) is 9.22. The number of anilines is 1. The van der Waals surface area contributed by atoms with Crippen LogP contribution in [0.3, 0.4) is 0 Å². The molecule has 1 N–H and O–H groups in total. The van der Waals surface area contributed by atoms with Crippen LogP contribution < -0.4 is 5.32 Å². The Morgan fingerprint density at radius 1 is 1.42 bits per heavy atom. The van der Waals surface area contributed by atoms with Gasteiger partial charge in [0.15, 0.2) is 0 Å². The number of amides is 1. The van der Waals surface area contributed by atoms with Crippen molar-refractivity contribution in [3.05, 3.63) is 28.7 Å². The molecular formula is C15H21BrN2O. The third kappa shape index (κ3) is 3.72. The minimum atomic E-state index is 0.210. The molecule has 104 valence electrons. The third-order valence-electron chi connectivity index (χ3n) is 3.72. The summed E-state index contributed by atoms with van der Waals surface area (Å²) in [4.78, 5) is 14.3. The summed E-state index contributed by atoms with van der Waals surface area (Å²) >= 11 is 3.48. The number of carbonyl (C=O) groups excluding carboxylic acids is 1. The van der Waals surface area contributed by atoms with Crippen molar-refractivity contribution in [2.45, 2.75) is 38.6 Å². The fourth-order valence-electron chi connectivity index (χ4n) is 2.63. The van der Waals surface area contributed by atoms with E-state index in [1.807, 2.05) is 29.2 Å². The van der Waals surface area contributed by atoms with E-state index in [0.717, 1.165) is 36.0 Å². The lowest BCUT2D eigenvalue weighted by atomic mass is 10.00. The predicted molar refractivity (Wildman–Crippen MR) is 82.3 cm³/mol. The molecule has 1 aliphatic heterocycles. The molecule has 1 amide bonds. The highest BCUT2D eigenvalue weighted by Gasteiger charge is 2.24. The van der Waals surface area contributed by atoms with E-state index in [0.29, 0.717) is 12.6 Å². The molecule has 0 saturated carbocycles. The second-order valence-electron chi connectivity index (χ2n) is 4.98. The largest absolute Gasteiger partial charge is 0.375 e. The Bertz CT molecular complexity index is 436. The quantitative estimate of drug-likeness (QED) is 0.916. The van der Waals surface area contributed by atoms with Crippen LogP contribution in [0, 0.1) is 0 Å². The van der Waals surface area contributed by atoms with Gasteiger partial charge in [0.05, 0.1) is 6.54 Å². The van der Waals surface area contributed by atoms with Crippen LogP contribution in [0.4, 0.5) is 5.69 Å². The number of para-hydroxylation sites is 1. The molecule has 1 saturated heterocycles. The van der Waals surface area contributed by atoms with Crippen molar-refractivity contribution in [2.24, 2.45) is 0 Å². The van der Waals surface area contributed by atoms with E-state index in [1.54, 1.807) is 0 Å². The lowest BCUT2D eigenvalue weighted by Crippen LogP contribution is -2.45.